The van der Waals surface area contributed by atoms with Crippen LogP contribution in [0.4, 0.5) is 11.4 Å². The average Bonchev–Trinajstić information content (AvgIpc) is 2.59. The number of hydrogen-bond donors (Lipinski definition) is 0. The van der Waals surface area contributed by atoms with E-state index in [9.17, 15) is 18.5 Å². The van der Waals surface area contributed by atoms with Crippen LogP contribution in [-0.4, -0.2) is 56.0 Å². The van der Waals surface area contributed by atoms with E-state index in [0.29, 0.717) is 31.9 Å². The minimum Gasteiger partial charge on any atom is -0.372 e. The molecule has 156 valence electrons. The number of ether oxygens (including phenoxy) is 1. The Balaban J connectivity index is 1.95. The lowest BCUT2D eigenvalue weighted by Gasteiger charge is -2.36. The molecular weight excluding hydrogens is 382 g/mol. The molecule has 2 heterocycles. The van der Waals surface area contributed by atoms with Crippen molar-refractivity contribution < 1.29 is 18.1 Å². The van der Waals surface area contributed by atoms with Crippen molar-refractivity contribution in [3.63, 3.8) is 0 Å². The van der Waals surface area contributed by atoms with Gasteiger partial charge in [-0.15, -0.1) is 0 Å². The molecule has 0 saturated carbocycles. The lowest BCUT2D eigenvalue weighted by molar-refractivity contribution is -0.384. The molecule has 0 spiro atoms. The zero-order valence-electron chi connectivity index (χ0n) is 16.9. The largest absolute Gasteiger partial charge is 0.372 e. The molecule has 2 aliphatic heterocycles. The highest BCUT2D eigenvalue weighted by Gasteiger charge is 2.34. The summed E-state index contributed by atoms with van der Waals surface area (Å²) in [4.78, 5) is 13.1. The van der Waals surface area contributed by atoms with Gasteiger partial charge < -0.3 is 9.64 Å². The first-order valence-corrected chi connectivity index (χ1v) is 11.2. The predicted octanol–water partition coefficient (Wildman–Crippen LogP) is 2.88. The van der Waals surface area contributed by atoms with Crippen molar-refractivity contribution in [3.8, 4) is 0 Å². The summed E-state index contributed by atoms with van der Waals surface area (Å²) in [6, 6.07) is 4.26. The second-order valence-electron chi connectivity index (χ2n) is 8.34. The SMILES string of the molecule is C[C@@H]1C[C@H](C)CN(S(=O)(=O)c2ccc(N3C[C@@H](C)O[C@@H](C)C3)c([N+](=O)[O-])c2)C1. The lowest BCUT2D eigenvalue weighted by atomic mass is 9.94. The Hall–Kier alpha value is -1.71. The van der Waals surface area contributed by atoms with E-state index in [4.69, 9.17) is 4.74 Å². The normalized spacial score (nSPS) is 29.6. The Labute approximate surface area is 166 Å². The number of hydrogen-bond acceptors (Lipinski definition) is 6. The van der Waals surface area contributed by atoms with E-state index >= 15 is 0 Å². The minimum atomic E-state index is -3.77. The predicted molar refractivity (Wildman–Crippen MR) is 107 cm³/mol. The van der Waals surface area contributed by atoms with E-state index in [-0.39, 0.29) is 34.6 Å². The Kier molecular flexibility index (Phi) is 5.97. The Morgan fingerprint density at radius 3 is 2.14 bits per heavy atom. The number of benzene rings is 1. The van der Waals surface area contributed by atoms with E-state index in [1.807, 2.05) is 32.6 Å². The summed E-state index contributed by atoms with van der Waals surface area (Å²) in [6.07, 6.45) is 0.879. The molecule has 2 fully saturated rings. The first-order chi connectivity index (χ1) is 13.1. The number of nitro benzene ring substituents is 1. The molecule has 0 amide bonds. The highest BCUT2D eigenvalue weighted by atomic mass is 32.2. The van der Waals surface area contributed by atoms with Gasteiger partial charge in [0.25, 0.3) is 5.69 Å². The summed E-state index contributed by atoms with van der Waals surface area (Å²) >= 11 is 0. The molecule has 2 saturated heterocycles. The highest BCUT2D eigenvalue weighted by Crippen LogP contribution is 2.34. The maximum atomic E-state index is 13.1. The van der Waals surface area contributed by atoms with Gasteiger partial charge in [-0.25, -0.2) is 8.42 Å². The molecule has 3 rings (SSSR count). The van der Waals surface area contributed by atoms with Crippen LogP contribution >= 0.6 is 0 Å². The third-order valence-electron chi connectivity index (χ3n) is 5.38. The second-order valence-corrected chi connectivity index (χ2v) is 10.3. The molecule has 0 bridgehead atoms. The maximum Gasteiger partial charge on any atom is 0.293 e. The van der Waals surface area contributed by atoms with Gasteiger partial charge in [-0.3, -0.25) is 10.1 Å². The maximum absolute atomic E-state index is 13.1. The summed E-state index contributed by atoms with van der Waals surface area (Å²) in [5.74, 6) is 0.535. The molecule has 28 heavy (non-hydrogen) atoms. The van der Waals surface area contributed by atoms with Crippen LogP contribution in [0.5, 0.6) is 0 Å². The van der Waals surface area contributed by atoms with Crippen molar-refractivity contribution in [2.45, 2.75) is 51.2 Å². The van der Waals surface area contributed by atoms with Crippen LogP contribution in [0.25, 0.3) is 0 Å². The lowest BCUT2D eigenvalue weighted by Crippen LogP contribution is -2.45. The molecule has 1 aromatic rings. The fourth-order valence-electron chi connectivity index (χ4n) is 4.40. The smallest absolute Gasteiger partial charge is 0.293 e. The van der Waals surface area contributed by atoms with Crippen LogP contribution in [0.15, 0.2) is 23.1 Å². The molecule has 0 N–H and O–H groups in total. The van der Waals surface area contributed by atoms with Crippen LogP contribution in [0.2, 0.25) is 0 Å². The summed E-state index contributed by atoms with van der Waals surface area (Å²) in [5, 5.41) is 11.7. The average molecular weight is 412 g/mol. The van der Waals surface area contributed by atoms with Gasteiger partial charge in [0.05, 0.1) is 22.0 Å². The summed E-state index contributed by atoms with van der Waals surface area (Å²) < 4.78 is 33.4. The van der Waals surface area contributed by atoms with Crippen LogP contribution < -0.4 is 4.90 Å². The quantitative estimate of drug-likeness (QED) is 0.559. The van der Waals surface area contributed by atoms with Gasteiger partial charge in [0.15, 0.2) is 0 Å². The molecule has 8 nitrogen and oxygen atoms in total. The molecular formula is C19H29N3O5S. The van der Waals surface area contributed by atoms with Crippen LogP contribution in [0, 0.1) is 22.0 Å². The Bertz CT molecular complexity index is 824. The first kappa shape index (κ1) is 21.0. The number of sulfonamides is 1. The van der Waals surface area contributed by atoms with Crippen molar-refractivity contribution in [1.82, 2.24) is 4.31 Å². The van der Waals surface area contributed by atoms with Gasteiger partial charge in [-0.1, -0.05) is 13.8 Å². The topological polar surface area (TPSA) is 93.0 Å². The van der Waals surface area contributed by atoms with Crippen molar-refractivity contribution in [2.75, 3.05) is 31.1 Å². The molecule has 0 radical (unpaired) electrons. The number of nitrogens with zero attached hydrogens (tertiary/aromatic N) is 3. The molecule has 0 aromatic heterocycles. The number of rotatable bonds is 4. The summed E-state index contributed by atoms with van der Waals surface area (Å²) in [5.41, 5.74) is 0.256. The summed E-state index contributed by atoms with van der Waals surface area (Å²) in [7, 11) is -3.77. The van der Waals surface area contributed by atoms with Gasteiger partial charge in [-0.2, -0.15) is 4.31 Å². The van der Waals surface area contributed by atoms with Gasteiger partial charge in [0.2, 0.25) is 10.0 Å². The fraction of sp³-hybridized carbons (Fsp3) is 0.684. The molecule has 2 aliphatic rings. The van der Waals surface area contributed by atoms with Crippen molar-refractivity contribution in [2.24, 2.45) is 11.8 Å². The van der Waals surface area contributed by atoms with E-state index in [1.165, 1.54) is 16.4 Å². The van der Waals surface area contributed by atoms with Gasteiger partial charge >= 0.3 is 0 Å². The Morgan fingerprint density at radius 1 is 1.04 bits per heavy atom. The standard InChI is InChI=1S/C19H29N3O5S/c1-13-7-14(2)10-21(9-13)28(25,26)17-5-6-18(19(8-17)22(23)24)20-11-15(3)27-16(4)12-20/h5-6,8,13-16H,7,9-12H2,1-4H3/t13-,14+,15-,16+. The molecule has 4 atom stereocenters. The fourth-order valence-corrected chi connectivity index (χ4v) is 6.10. The van der Waals surface area contributed by atoms with E-state index in [1.54, 1.807) is 6.07 Å². The van der Waals surface area contributed by atoms with Gasteiger partial charge in [0, 0.05) is 32.2 Å². The zero-order chi connectivity index (χ0) is 20.6. The van der Waals surface area contributed by atoms with Crippen LogP contribution in [0.3, 0.4) is 0 Å². The number of nitro groups is 1. The molecule has 0 unspecified atom stereocenters. The third kappa shape index (κ3) is 4.31. The number of piperidine rings is 1. The zero-order valence-corrected chi connectivity index (χ0v) is 17.7. The monoisotopic (exact) mass is 411 g/mol. The molecule has 9 heteroatoms. The minimum absolute atomic E-state index is 0.0152. The van der Waals surface area contributed by atoms with Crippen molar-refractivity contribution in [1.29, 1.82) is 0 Å². The summed E-state index contributed by atoms with van der Waals surface area (Å²) in [6.45, 7) is 9.85. The number of anilines is 1. The first-order valence-electron chi connectivity index (χ1n) is 9.77. The van der Waals surface area contributed by atoms with Gasteiger partial charge in [-0.05, 0) is 44.2 Å². The van der Waals surface area contributed by atoms with E-state index in [2.05, 4.69) is 0 Å². The van der Waals surface area contributed by atoms with Gasteiger partial charge in [0.1, 0.15) is 5.69 Å². The van der Waals surface area contributed by atoms with E-state index in [0.717, 1.165) is 6.42 Å². The molecule has 0 aliphatic carbocycles. The van der Waals surface area contributed by atoms with Crippen molar-refractivity contribution in [3.05, 3.63) is 28.3 Å². The third-order valence-corrected chi connectivity index (χ3v) is 7.20. The van der Waals surface area contributed by atoms with Crippen molar-refractivity contribution >= 4 is 21.4 Å². The highest BCUT2D eigenvalue weighted by molar-refractivity contribution is 7.89. The van der Waals surface area contributed by atoms with E-state index < -0.39 is 14.9 Å². The Morgan fingerprint density at radius 2 is 1.61 bits per heavy atom. The number of morpholine rings is 1. The second kappa shape index (κ2) is 7.96. The molecule has 1 aromatic carbocycles. The van der Waals surface area contributed by atoms with Crippen LogP contribution in [0.1, 0.15) is 34.1 Å². The van der Waals surface area contributed by atoms with Crippen LogP contribution in [-0.2, 0) is 14.8 Å².